The average molecular weight is 305 g/mol. The SMILES string of the molecule is CCc1ccc(Oc2ccc(C(N)CCO)cc2F)c(O)c1. The van der Waals surface area contributed by atoms with Gasteiger partial charge in [0.05, 0.1) is 0 Å². The lowest BCUT2D eigenvalue weighted by atomic mass is 10.0. The van der Waals surface area contributed by atoms with Crippen LogP contribution in [0.2, 0.25) is 0 Å². The highest BCUT2D eigenvalue weighted by atomic mass is 19.1. The van der Waals surface area contributed by atoms with Gasteiger partial charge in [0.2, 0.25) is 0 Å². The Morgan fingerprint density at radius 3 is 2.50 bits per heavy atom. The molecule has 0 aromatic heterocycles. The van der Waals surface area contributed by atoms with Crippen LogP contribution in [0.1, 0.15) is 30.5 Å². The molecule has 0 heterocycles. The second-order valence-electron chi connectivity index (χ2n) is 5.07. The minimum Gasteiger partial charge on any atom is -0.504 e. The van der Waals surface area contributed by atoms with E-state index in [1.54, 1.807) is 18.2 Å². The van der Waals surface area contributed by atoms with E-state index in [1.807, 2.05) is 13.0 Å². The van der Waals surface area contributed by atoms with Gasteiger partial charge in [0, 0.05) is 12.6 Å². The quantitative estimate of drug-likeness (QED) is 0.765. The minimum absolute atomic E-state index is 0.0134. The van der Waals surface area contributed by atoms with Crippen LogP contribution in [-0.2, 0) is 6.42 Å². The molecule has 0 amide bonds. The van der Waals surface area contributed by atoms with Gasteiger partial charge in [-0.05, 0) is 48.2 Å². The molecule has 0 aliphatic rings. The summed E-state index contributed by atoms with van der Waals surface area (Å²) in [7, 11) is 0. The number of hydrogen-bond donors (Lipinski definition) is 3. The van der Waals surface area contributed by atoms with Crippen LogP contribution in [0, 0.1) is 5.82 Å². The molecule has 0 aliphatic carbocycles. The molecule has 118 valence electrons. The molecule has 0 saturated heterocycles. The van der Waals surface area contributed by atoms with Crippen LogP contribution in [-0.4, -0.2) is 16.8 Å². The van der Waals surface area contributed by atoms with Crippen LogP contribution in [0.3, 0.4) is 0 Å². The standard InChI is InChI=1S/C17H20FNO3/c1-2-11-3-5-17(15(21)9-11)22-16-6-4-12(10-13(16)18)14(19)7-8-20/h3-6,9-10,14,20-21H,2,7-8,19H2,1H3. The molecule has 0 saturated carbocycles. The van der Waals surface area contributed by atoms with Gasteiger partial charge in [-0.25, -0.2) is 4.39 Å². The number of aromatic hydroxyl groups is 1. The van der Waals surface area contributed by atoms with Crippen molar-refractivity contribution in [1.29, 1.82) is 0 Å². The Bertz CT molecular complexity index is 646. The molecule has 1 atom stereocenters. The Kier molecular flexibility index (Phi) is 5.35. The van der Waals surface area contributed by atoms with Gasteiger partial charge in [-0.1, -0.05) is 19.1 Å². The number of aliphatic hydroxyl groups excluding tert-OH is 1. The van der Waals surface area contributed by atoms with Gasteiger partial charge in [0.25, 0.3) is 0 Å². The van der Waals surface area contributed by atoms with E-state index in [2.05, 4.69) is 0 Å². The lowest BCUT2D eigenvalue weighted by Crippen LogP contribution is -2.12. The maximum Gasteiger partial charge on any atom is 0.169 e. The lowest BCUT2D eigenvalue weighted by molar-refractivity contribution is 0.276. The fraction of sp³-hybridized carbons (Fsp3) is 0.294. The average Bonchev–Trinajstić information content (AvgIpc) is 2.51. The summed E-state index contributed by atoms with van der Waals surface area (Å²) < 4.78 is 19.5. The molecular formula is C17H20FNO3. The van der Waals surface area contributed by atoms with E-state index < -0.39 is 11.9 Å². The first-order chi connectivity index (χ1) is 10.5. The van der Waals surface area contributed by atoms with Crippen molar-refractivity contribution in [3.05, 3.63) is 53.3 Å². The molecule has 4 N–H and O–H groups in total. The predicted molar refractivity (Wildman–Crippen MR) is 82.6 cm³/mol. The number of aryl methyl sites for hydroxylation is 1. The summed E-state index contributed by atoms with van der Waals surface area (Å²) in [6.07, 6.45) is 1.15. The Balaban J connectivity index is 2.20. The predicted octanol–water partition coefficient (Wildman–Crippen LogP) is 3.27. The summed E-state index contributed by atoms with van der Waals surface area (Å²) in [6, 6.07) is 9.00. The Morgan fingerprint density at radius 1 is 1.18 bits per heavy atom. The van der Waals surface area contributed by atoms with Crippen LogP contribution in [0.15, 0.2) is 36.4 Å². The first-order valence-corrected chi connectivity index (χ1v) is 7.20. The molecule has 4 nitrogen and oxygen atoms in total. The zero-order valence-electron chi connectivity index (χ0n) is 12.4. The van der Waals surface area contributed by atoms with E-state index in [9.17, 15) is 9.50 Å². The van der Waals surface area contributed by atoms with Gasteiger partial charge in [0.1, 0.15) is 0 Å². The Morgan fingerprint density at radius 2 is 1.91 bits per heavy atom. The molecule has 22 heavy (non-hydrogen) atoms. The van der Waals surface area contributed by atoms with E-state index in [1.165, 1.54) is 12.1 Å². The van der Waals surface area contributed by atoms with E-state index >= 15 is 0 Å². The highest BCUT2D eigenvalue weighted by Gasteiger charge is 2.12. The largest absolute Gasteiger partial charge is 0.504 e. The number of hydrogen-bond acceptors (Lipinski definition) is 4. The fourth-order valence-electron chi connectivity index (χ4n) is 2.12. The number of phenolic OH excluding ortho intramolecular Hbond substituents is 1. The number of benzene rings is 2. The van der Waals surface area contributed by atoms with Crippen molar-refractivity contribution in [3.63, 3.8) is 0 Å². The third-order valence-corrected chi connectivity index (χ3v) is 3.48. The third kappa shape index (κ3) is 3.75. The van der Waals surface area contributed by atoms with Crippen molar-refractivity contribution < 1.29 is 19.3 Å². The molecule has 1 unspecified atom stereocenters. The molecular weight excluding hydrogens is 285 g/mol. The van der Waals surface area contributed by atoms with Gasteiger partial charge >= 0.3 is 0 Å². The number of nitrogens with two attached hydrogens (primary N) is 1. The maximum absolute atomic E-state index is 14.1. The van der Waals surface area contributed by atoms with E-state index in [0.29, 0.717) is 12.0 Å². The van der Waals surface area contributed by atoms with Crippen molar-refractivity contribution >= 4 is 0 Å². The zero-order chi connectivity index (χ0) is 16.1. The third-order valence-electron chi connectivity index (χ3n) is 3.48. The summed E-state index contributed by atoms with van der Waals surface area (Å²) in [5, 5.41) is 18.8. The van der Waals surface area contributed by atoms with Crippen molar-refractivity contribution in [2.45, 2.75) is 25.8 Å². The zero-order valence-corrected chi connectivity index (χ0v) is 12.4. The fourth-order valence-corrected chi connectivity index (χ4v) is 2.12. The monoisotopic (exact) mass is 305 g/mol. The minimum atomic E-state index is -0.565. The van der Waals surface area contributed by atoms with Crippen LogP contribution in [0.25, 0.3) is 0 Å². The van der Waals surface area contributed by atoms with Gasteiger partial charge in [-0.3, -0.25) is 0 Å². The number of halogens is 1. The second-order valence-corrected chi connectivity index (χ2v) is 5.07. The van der Waals surface area contributed by atoms with E-state index in [4.69, 9.17) is 15.6 Å². The summed E-state index contributed by atoms with van der Waals surface area (Å²) in [5.74, 6) is -0.382. The Labute approximate surface area is 129 Å². The molecule has 0 radical (unpaired) electrons. The van der Waals surface area contributed by atoms with Crippen LogP contribution in [0.4, 0.5) is 4.39 Å². The smallest absolute Gasteiger partial charge is 0.169 e. The molecule has 0 aliphatic heterocycles. The summed E-state index contributed by atoms with van der Waals surface area (Å²) >= 11 is 0. The lowest BCUT2D eigenvalue weighted by Gasteiger charge is -2.13. The van der Waals surface area contributed by atoms with Crippen LogP contribution in [0.5, 0.6) is 17.2 Å². The van der Waals surface area contributed by atoms with Gasteiger partial charge in [0.15, 0.2) is 23.1 Å². The normalized spacial score (nSPS) is 12.2. The van der Waals surface area contributed by atoms with Gasteiger partial charge in [-0.2, -0.15) is 0 Å². The van der Waals surface area contributed by atoms with E-state index in [-0.39, 0.29) is 23.9 Å². The molecule has 2 aromatic rings. The van der Waals surface area contributed by atoms with Crippen molar-refractivity contribution in [1.82, 2.24) is 0 Å². The van der Waals surface area contributed by atoms with Crippen LogP contribution >= 0.6 is 0 Å². The Hall–Kier alpha value is -2.11. The topological polar surface area (TPSA) is 75.7 Å². The first-order valence-electron chi connectivity index (χ1n) is 7.20. The van der Waals surface area contributed by atoms with Gasteiger partial charge in [-0.15, -0.1) is 0 Å². The molecule has 2 aromatic carbocycles. The number of phenols is 1. The summed E-state index contributed by atoms with van der Waals surface area (Å²) in [5.41, 5.74) is 7.38. The van der Waals surface area contributed by atoms with Crippen LogP contribution < -0.4 is 10.5 Å². The molecule has 0 bridgehead atoms. The van der Waals surface area contributed by atoms with Crippen molar-refractivity contribution in [2.24, 2.45) is 5.73 Å². The van der Waals surface area contributed by atoms with E-state index in [0.717, 1.165) is 12.0 Å². The van der Waals surface area contributed by atoms with Crippen molar-refractivity contribution in [3.8, 4) is 17.2 Å². The highest BCUT2D eigenvalue weighted by Crippen LogP contribution is 2.33. The highest BCUT2D eigenvalue weighted by molar-refractivity contribution is 5.45. The number of aliphatic hydroxyl groups is 1. The molecule has 5 heteroatoms. The number of rotatable bonds is 6. The number of ether oxygens (including phenoxy) is 1. The van der Waals surface area contributed by atoms with Gasteiger partial charge < -0.3 is 20.7 Å². The summed E-state index contributed by atoms with van der Waals surface area (Å²) in [6.45, 7) is 1.92. The maximum atomic E-state index is 14.1. The molecule has 0 spiro atoms. The molecule has 2 rings (SSSR count). The molecule has 0 fully saturated rings. The second kappa shape index (κ2) is 7.24. The summed E-state index contributed by atoms with van der Waals surface area (Å²) in [4.78, 5) is 0. The first kappa shape index (κ1) is 16.3. The van der Waals surface area contributed by atoms with Crippen molar-refractivity contribution in [2.75, 3.05) is 6.61 Å².